The number of nitrogens with one attached hydrogen (secondary N) is 1. The van der Waals surface area contributed by atoms with E-state index < -0.39 is 11.7 Å². The van der Waals surface area contributed by atoms with Gasteiger partial charge in [-0.05, 0) is 24.5 Å². The van der Waals surface area contributed by atoms with Gasteiger partial charge >= 0.3 is 6.18 Å². The average Bonchev–Trinajstić information content (AvgIpc) is 2.55. The number of aliphatic imine (C=N–C) groups is 1. The largest absolute Gasteiger partial charge is 0.437 e. The number of thioether (sulfide) groups is 1. The van der Waals surface area contributed by atoms with Gasteiger partial charge in [-0.15, -0.1) is 0 Å². The molecule has 0 aliphatic rings. The van der Waals surface area contributed by atoms with Gasteiger partial charge < -0.3 is 4.74 Å². The highest BCUT2D eigenvalue weighted by Gasteiger charge is 2.31. The van der Waals surface area contributed by atoms with Crippen LogP contribution in [0, 0.1) is 11.5 Å². The fraction of sp³-hybridized carbons (Fsp3) is 0.133. The van der Waals surface area contributed by atoms with Gasteiger partial charge in [-0.25, -0.2) is 9.98 Å². The van der Waals surface area contributed by atoms with E-state index in [-0.39, 0.29) is 16.7 Å². The van der Waals surface area contributed by atoms with E-state index >= 15 is 0 Å². The monoisotopic (exact) mass is 386 g/mol. The molecule has 130 valence electrons. The van der Waals surface area contributed by atoms with Gasteiger partial charge in [-0.3, -0.25) is 5.32 Å². The lowest BCUT2D eigenvalue weighted by Crippen LogP contribution is -2.12. The van der Waals surface area contributed by atoms with Crippen molar-refractivity contribution in [3.05, 3.63) is 47.1 Å². The molecule has 5 nitrogen and oxygen atoms in total. The number of benzene rings is 1. The minimum absolute atomic E-state index is 0.156. The summed E-state index contributed by atoms with van der Waals surface area (Å²) in [5.41, 5.74) is -0.483. The molecule has 2 rings (SSSR count). The first-order valence-electron chi connectivity index (χ1n) is 6.62. The molecule has 0 saturated heterocycles. The van der Waals surface area contributed by atoms with Gasteiger partial charge in [0.2, 0.25) is 5.88 Å². The van der Waals surface area contributed by atoms with E-state index in [2.05, 4.69) is 15.3 Å². The second-order valence-electron chi connectivity index (χ2n) is 4.47. The van der Waals surface area contributed by atoms with Crippen LogP contribution in [0.5, 0.6) is 11.6 Å². The van der Waals surface area contributed by atoms with Crippen LogP contribution in [0.3, 0.4) is 0 Å². The number of rotatable bonds is 3. The quantitative estimate of drug-likeness (QED) is 0.349. The number of ether oxygens (including phenoxy) is 1. The molecular weight excluding hydrogens is 377 g/mol. The van der Waals surface area contributed by atoms with Gasteiger partial charge in [-0.1, -0.05) is 29.4 Å². The number of hydrogen-bond acceptors (Lipinski definition) is 5. The molecule has 1 aromatic heterocycles. The molecule has 1 N–H and O–H groups in total. The Kier molecular flexibility index (Phi) is 6.12. The van der Waals surface area contributed by atoms with Crippen LogP contribution in [-0.2, 0) is 6.18 Å². The van der Waals surface area contributed by atoms with Gasteiger partial charge in [-0.2, -0.15) is 18.4 Å². The van der Waals surface area contributed by atoms with Crippen LogP contribution in [-0.4, -0.2) is 16.4 Å². The third-order valence-electron chi connectivity index (χ3n) is 2.75. The molecule has 1 aromatic carbocycles. The van der Waals surface area contributed by atoms with Crippen molar-refractivity contribution in [3.8, 4) is 17.8 Å². The Morgan fingerprint density at radius 3 is 2.76 bits per heavy atom. The molecule has 0 atom stereocenters. The molecule has 2 aromatic rings. The van der Waals surface area contributed by atoms with Crippen LogP contribution < -0.4 is 10.1 Å². The SMILES string of the molecule is CSC(=Nc1cccc(Oc2ncc(C(F)(F)F)cc2Cl)c1)NC#N. The highest BCUT2D eigenvalue weighted by molar-refractivity contribution is 8.13. The van der Waals surface area contributed by atoms with Crippen LogP contribution in [0.4, 0.5) is 18.9 Å². The van der Waals surface area contributed by atoms with Gasteiger partial charge in [0, 0.05) is 12.3 Å². The van der Waals surface area contributed by atoms with E-state index in [1.165, 1.54) is 17.8 Å². The Hall–Kier alpha value is -2.44. The summed E-state index contributed by atoms with van der Waals surface area (Å²) in [6.07, 6.45) is -0.380. The summed E-state index contributed by atoms with van der Waals surface area (Å²) < 4.78 is 43.3. The third-order valence-corrected chi connectivity index (χ3v) is 3.60. The number of alkyl halides is 3. The zero-order chi connectivity index (χ0) is 18.4. The molecule has 10 heteroatoms. The Labute approximate surface area is 150 Å². The van der Waals surface area contributed by atoms with Crippen molar-refractivity contribution >= 4 is 34.2 Å². The molecular formula is C15H10ClF3N4OS. The van der Waals surface area contributed by atoms with Gasteiger partial charge in [0.1, 0.15) is 10.8 Å². The maximum Gasteiger partial charge on any atom is 0.417 e. The van der Waals surface area contributed by atoms with E-state index in [9.17, 15) is 13.2 Å². The normalized spacial score (nSPS) is 11.8. The van der Waals surface area contributed by atoms with Crippen molar-refractivity contribution < 1.29 is 17.9 Å². The standard InChI is InChI=1S/C15H10ClF3N4OS/c1-25-14(22-8-20)23-10-3-2-4-11(6-10)24-13-12(16)5-9(7-21-13)15(17,18)19/h2-7H,1H3,(H,22,23). The summed E-state index contributed by atoms with van der Waals surface area (Å²) >= 11 is 7.05. The molecule has 0 saturated carbocycles. The van der Waals surface area contributed by atoms with Crippen molar-refractivity contribution in [1.82, 2.24) is 10.3 Å². The lowest BCUT2D eigenvalue weighted by molar-refractivity contribution is -0.137. The minimum atomic E-state index is -4.54. The predicted molar refractivity (Wildman–Crippen MR) is 90.1 cm³/mol. The second-order valence-corrected chi connectivity index (χ2v) is 5.67. The van der Waals surface area contributed by atoms with Crippen LogP contribution in [0.25, 0.3) is 0 Å². The summed E-state index contributed by atoms with van der Waals surface area (Å²) in [5, 5.41) is 11.2. The second kappa shape index (κ2) is 8.09. The van der Waals surface area contributed by atoms with Crippen molar-refractivity contribution in [2.45, 2.75) is 6.18 Å². The fourth-order valence-electron chi connectivity index (χ4n) is 1.67. The van der Waals surface area contributed by atoms with Crippen molar-refractivity contribution in [2.24, 2.45) is 4.99 Å². The van der Waals surface area contributed by atoms with Crippen LogP contribution >= 0.6 is 23.4 Å². The van der Waals surface area contributed by atoms with Crippen LogP contribution in [0.2, 0.25) is 5.02 Å². The summed E-state index contributed by atoms with van der Waals surface area (Å²) in [6, 6.07) is 7.16. The summed E-state index contributed by atoms with van der Waals surface area (Å²) in [7, 11) is 0. The van der Waals surface area contributed by atoms with Crippen LogP contribution in [0.15, 0.2) is 41.5 Å². The van der Waals surface area contributed by atoms with Gasteiger partial charge in [0.05, 0.1) is 11.3 Å². The van der Waals surface area contributed by atoms with E-state index in [4.69, 9.17) is 21.6 Å². The minimum Gasteiger partial charge on any atom is -0.437 e. The van der Waals surface area contributed by atoms with Crippen LogP contribution in [0.1, 0.15) is 5.56 Å². The first-order chi connectivity index (χ1) is 11.8. The Morgan fingerprint density at radius 1 is 1.40 bits per heavy atom. The number of nitriles is 1. The number of hydrogen-bond donors (Lipinski definition) is 1. The topological polar surface area (TPSA) is 70.3 Å². The third kappa shape index (κ3) is 5.27. The average molecular weight is 387 g/mol. The van der Waals surface area contributed by atoms with Crippen molar-refractivity contribution in [3.63, 3.8) is 0 Å². The lowest BCUT2D eigenvalue weighted by atomic mass is 10.3. The first-order valence-corrected chi connectivity index (χ1v) is 8.22. The Bertz CT molecular complexity index is 836. The Morgan fingerprint density at radius 2 is 2.16 bits per heavy atom. The molecule has 0 fully saturated rings. The maximum atomic E-state index is 12.6. The maximum absolute atomic E-state index is 12.6. The summed E-state index contributed by atoms with van der Waals surface area (Å²) in [4.78, 5) is 7.81. The van der Waals surface area contributed by atoms with E-state index in [1.54, 1.807) is 30.6 Å². The van der Waals surface area contributed by atoms with Gasteiger partial charge in [0.15, 0.2) is 11.4 Å². The zero-order valence-corrected chi connectivity index (χ0v) is 14.2. The zero-order valence-electron chi connectivity index (χ0n) is 12.6. The number of halogens is 4. The molecule has 0 amide bonds. The number of aromatic nitrogens is 1. The molecule has 0 aliphatic heterocycles. The highest BCUT2D eigenvalue weighted by Crippen LogP contribution is 2.35. The van der Waals surface area contributed by atoms with Crippen molar-refractivity contribution in [2.75, 3.05) is 6.26 Å². The molecule has 1 heterocycles. The van der Waals surface area contributed by atoms with E-state index in [0.717, 1.165) is 6.07 Å². The molecule has 0 radical (unpaired) electrons. The van der Waals surface area contributed by atoms with E-state index in [1.807, 2.05) is 0 Å². The van der Waals surface area contributed by atoms with E-state index in [0.29, 0.717) is 17.1 Å². The molecule has 0 aliphatic carbocycles. The summed E-state index contributed by atoms with van der Waals surface area (Å²) in [6.45, 7) is 0. The van der Waals surface area contributed by atoms with Gasteiger partial charge in [0.25, 0.3) is 0 Å². The van der Waals surface area contributed by atoms with Crippen molar-refractivity contribution in [1.29, 1.82) is 5.26 Å². The Balaban J connectivity index is 2.24. The molecule has 0 spiro atoms. The highest BCUT2D eigenvalue weighted by atomic mass is 35.5. The number of amidine groups is 1. The number of nitrogens with zero attached hydrogens (tertiary/aromatic N) is 3. The lowest BCUT2D eigenvalue weighted by Gasteiger charge is -2.10. The predicted octanol–water partition coefficient (Wildman–Crippen LogP) is 4.97. The molecule has 0 bridgehead atoms. The first kappa shape index (κ1) is 18.9. The summed E-state index contributed by atoms with van der Waals surface area (Å²) in [5.74, 6) is 0.129. The molecule has 0 unspecified atom stereocenters. The number of pyridine rings is 1. The molecule has 25 heavy (non-hydrogen) atoms. The smallest absolute Gasteiger partial charge is 0.417 e. The fourth-order valence-corrected chi connectivity index (χ4v) is 2.22.